The van der Waals surface area contributed by atoms with Crippen LogP contribution in [0.1, 0.15) is 47.2 Å². The number of likely N-dealkylation sites (tertiary alicyclic amines) is 1. The number of pyridine rings is 1. The number of piperidine rings is 2. The van der Waals surface area contributed by atoms with Gasteiger partial charge >= 0.3 is 0 Å². The van der Waals surface area contributed by atoms with E-state index in [4.69, 9.17) is 4.74 Å². The molecule has 190 valence electrons. The largest absolute Gasteiger partial charge is 0.380 e. The number of nitrogens with zero attached hydrogens (tertiary/aromatic N) is 4. The highest BCUT2D eigenvalue weighted by atomic mass is 16.5. The van der Waals surface area contributed by atoms with Crippen molar-refractivity contribution < 1.29 is 19.1 Å². The fourth-order valence-electron chi connectivity index (χ4n) is 6.26. The normalized spacial score (nSPS) is 23.4. The molecule has 4 aliphatic heterocycles. The molecule has 1 unspecified atom stereocenters. The number of aromatic nitrogens is 2. The van der Waals surface area contributed by atoms with Crippen molar-refractivity contribution in [3.05, 3.63) is 59.5 Å². The smallest absolute Gasteiger partial charge is 0.255 e. The maximum atomic E-state index is 13.1. The van der Waals surface area contributed by atoms with Crippen LogP contribution in [-0.4, -0.2) is 69.3 Å². The number of amides is 3. The van der Waals surface area contributed by atoms with E-state index >= 15 is 0 Å². The Balaban J connectivity index is 1.15. The van der Waals surface area contributed by atoms with Crippen molar-refractivity contribution in [3.63, 3.8) is 0 Å². The Labute approximate surface area is 214 Å². The molecule has 6 heterocycles. The number of benzene rings is 1. The van der Waals surface area contributed by atoms with Crippen LogP contribution in [0.5, 0.6) is 0 Å². The molecule has 4 aliphatic rings. The molecule has 3 amide bonds. The van der Waals surface area contributed by atoms with Gasteiger partial charge in [0.2, 0.25) is 11.8 Å². The lowest BCUT2D eigenvalue weighted by Gasteiger charge is -2.47. The van der Waals surface area contributed by atoms with Gasteiger partial charge in [-0.1, -0.05) is 6.07 Å². The molecule has 9 nitrogen and oxygen atoms in total. The van der Waals surface area contributed by atoms with Gasteiger partial charge in [-0.05, 0) is 73.3 Å². The minimum absolute atomic E-state index is 0.155. The molecule has 1 aromatic carbocycles. The second-order valence-electron chi connectivity index (χ2n) is 11.0. The van der Waals surface area contributed by atoms with E-state index in [0.29, 0.717) is 23.9 Å². The summed E-state index contributed by atoms with van der Waals surface area (Å²) in [7, 11) is 0. The van der Waals surface area contributed by atoms with E-state index < -0.39 is 6.04 Å². The number of carbonyl (C=O) groups is 3. The lowest BCUT2D eigenvalue weighted by atomic mass is 9.77. The first-order chi connectivity index (χ1) is 18.0. The molecule has 1 N–H and O–H groups in total. The number of hydrogen-bond donors (Lipinski definition) is 1. The standard InChI is InChI=1S/C28H29N5O4/c34-25-4-3-23(26(35)30-25)32-14-20-11-19(1-2-22(20)27(32)36)24-10-18(9-21-12-29-17-33(21)24)13-31-7-5-28(6-8-31)15-37-16-28/h1-2,9-12,17,23H,3-8,13-16H2,(H,30,34,35). The molecular formula is C28H29N5O4. The number of fused-ring (bicyclic) bond motifs is 2. The summed E-state index contributed by atoms with van der Waals surface area (Å²) in [6, 6.07) is 9.71. The second-order valence-corrected chi connectivity index (χ2v) is 11.0. The van der Waals surface area contributed by atoms with Gasteiger partial charge in [-0.25, -0.2) is 4.98 Å². The zero-order valence-electron chi connectivity index (χ0n) is 20.6. The van der Waals surface area contributed by atoms with Gasteiger partial charge in [-0.2, -0.15) is 0 Å². The zero-order chi connectivity index (χ0) is 25.1. The predicted octanol–water partition coefficient (Wildman–Crippen LogP) is 2.37. The molecule has 9 heteroatoms. The van der Waals surface area contributed by atoms with Crippen molar-refractivity contribution in [2.45, 2.75) is 44.8 Å². The summed E-state index contributed by atoms with van der Waals surface area (Å²) in [6.45, 7) is 5.24. The van der Waals surface area contributed by atoms with Gasteiger partial charge in [0.05, 0.1) is 36.9 Å². The number of rotatable bonds is 4. The molecule has 0 radical (unpaired) electrons. The molecule has 0 bridgehead atoms. The third-order valence-corrected chi connectivity index (χ3v) is 8.54. The minimum atomic E-state index is -0.611. The van der Waals surface area contributed by atoms with Crippen molar-refractivity contribution in [1.82, 2.24) is 24.5 Å². The van der Waals surface area contributed by atoms with E-state index in [2.05, 4.69) is 37.8 Å². The Kier molecular flexibility index (Phi) is 5.19. The van der Waals surface area contributed by atoms with Crippen LogP contribution < -0.4 is 5.32 Å². The van der Waals surface area contributed by atoms with E-state index in [0.717, 1.165) is 55.2 Å². The topological polar surface area (TPSA) is 96.2 Å². The summed E-state index contributed by atoms with van der Waals surface area (Å²) in [5.74, 6) is -0.825. The molecule has 7 rings (SSSR count). The summed E-state index contributed by atoms with van der Waals surface area (Å²) in [5, 5.41) is 2.37. The highest BCUT2D eigenvalue weighted by Gasteiger charge is 2.41. The maximum Gasteiger partial charge on any atom is 0.255 e. The maximum absolute atomic E-state index is 13.1. The van der Waals surface area contributed by atoms with E-state index in [1.165, 1.54) is 18.4 Å². The summed E-state index contributed by atoms with van der Waals surface area (Å²) in [5.41, 5.74) is 6.25. The molecule has 3 aromatic rings. The highest BCUT2D eigenvalue weighted by Crippen LogP contribution is 2.39. The second kappa shape index (κ2) is 8.49. The number of imidazole rings is 1. The van der Waals surface area contributed by atoms with Crippen molar-refractivity contribution in [2.75, 3.05) is 26.3 Å². The Morgan fingerprint density at radius 1 is 1.08 bits per heavy atom. The quantitative estimate of drug-likeness (QED) is 0.554. The number of hydrogen-bond acceptors (Lipinski definition) is 6. The summed E-state index contributed by atoms with van der Waals surface area (Å²) in [4.78, 5) is 45.6. The first-order valence-corrected chi connectivity index (χ1v) is 13.0. The Hall–Kier alpha value is -3.56. The predicted molar refractivity (Wildman–Crippen MR) is 134 cm³/mol. The van der Waals surface area contributed by atoms with Gasteiger partial charge in [0.1, 0.15) is 6.04 Å². The van der Waals surface area contributed by atoms with Crippen molar-refractivity contribution >= 4 is 23.2 Å². The zero-order valence-corrected chi connectivity index (χ0v) is 20.6. The van der Waals surface area contributed by atoms with Gasteiger partial charge in [0, 0.05) is 30.5 Å². The fraction of sp³-hybridized carbons (Fsp3) is 0.429. The highest BCUT2D eigenvalue weighted by molar-refractivity contribution is 6.05. The Morgan fingerprint density at radius 2 is 1.92 bits per heavy atom. The number of nitrogens with one attached hydrogen (secondary N) is 1. The Bertz CT molecular complexity index is 1430. The Morgan fingerprint density at radius 3 is 2.68 bits per heavy atom. The molecule has 0 saturated carbocycles. The average molecular weight is 500 g/mol. The lowest BCUT2D eigenvalue weighted by Crippen LogP contribution is -2.52. The molecule has 1 spiro atoms. The molecule has 2 aromatic heterocycles. The molecule has 1 atom stereocenters. The van der Waals surface area contributed by atoms with Gasteiger partial charge in [0.25, 0.3) is 5.91 Å². The van der Waals surface area contributed by atoms with Crippen LogP contribution in [0.2, 0.25) is 0 Å². The molecule has 0 aliphatic carbocycles. The van der Waals surface area contributed by atoms with Crippen LogP contribution in [-0.2, 0) is 27.4 Å². The minimum Gasteiger partial charge on any atom is -0.380 e. The summed E-state index contributed by atoms with van der Waals surface area (Å²) >= 11 is 0. The first-order valence-electron chi connectivity index (χ1n) is 13.0. The fourth-order valence-corrected chi connectivity index (χ4v) is 6.26. The molecule has 3 saturated heterocycles. The third-order valence-electron chi connectivity index (χ3n) is 8.54. The van der Waals surface area contributed by atoms with Crippen molar-refractivity contribution in [1.29, 1.82) is 0 Å². The van der Waals surface area contributed by atoms with Crippen LogP contribution in [0.25, 0.3) is 16.8 Å². The van der Waals surface area contributed by atoms with E-state index in [1.807, 2.05) is 24.7 Å². The number of carbonyl (C=O) groups excluding carboxylic acids is 3. The van der Waals surface area contributed by atoms with Gasteiger partial charge in [0.15, 0.2) is 0 Å². The first kappa shape index (κ1) is 22.6. The van der Waals surface area contributed by atoms with Crippen LogP contribution in [0, 0.1) is 5.41 Å². The molecular weight excluding hydrogens is 470 g/mol. The molecule has 37 heavy (non-hydrogen) atoms. The van der Waals surface area contributed by atoms with Gasteiger partial charge in [-0.15, -0.1) is 0 Å². The van der Waals surface area contributed by atoms with Crippen molar-refractivity contribution in [3.8, 4) is 11.3 Å². The van der Waals surface area contributed by atoms with Gasteiger partial charge in [-0.3, -0.25) is 29.0 Å². The third kappa shape index (κ3) is 3.84. The van der Waals surface area contributed by atoms with Crippen molar-refractivity contribution in [2.24, 2.45) is 5.41 Å². The van der Waals surface area contributed by atoms with E-state index in [-0.39, 0.29) is 24.1 Å². The summed E-state index contributed by atoms with van der Waals surface area (Å²) < 4.78 is 7.56. The van der Waals surface area contributed by atoms with E-state index in [9.17, 15) is 14.4 Å². The van der Waals surface area contributed by atoms with E-state index in [1.54, 1.807) is 4.90 Å². The summed E-state index contributed by atoms with van der Waals surface area (Å²) in [6.07, 6.45) is 6.70. The average Bonchev–Trinajstić information content (AvgIpc) is 3.47. The number of imide groups is 1. The monoisotopic (exact) mass is 499 g/mol. The SMILES string of the molecule is O=C1CCC(N2Cc3cc(-c4cc(CN5CCC6(CC5)COC6)cc5cncn45)ccc3C2=O)C(=O)N1. The van der Waals surface area contributed by atoms with Crippen LogP contribution in [0.15, 0.2) is 42.9 Å². The number of ether oxygens (including phenoxy) is 1. The van der Waals surface area contributed by atoms with Crippen LogP contribution in [0.4, 0.5) is 0 Å². The van der Waals surface area contributed by atoms with Crippen LogP contribution in [0.3, 0.4) is 0 Å². The van der Waals surface area contributed by atoms with Crippen LogP contribution >= 0.6 is 0 Å². The molecule has 3 fully saturated rings. The lowest BCUT2D eigenvalue weighted by molar-refractivity contribution is -0.140. The van der Waals surface area contributed by atoms with Gasteiger partial charge < -0.3 is 9.64 Å².